The molecule has 2 heteroatoms. The molecule has 2 fully saturated rings. The third-order valence-corrected chi connectivity index (χ3v) is 3.87. The molecule has 1 aliphatic carbocycles. The fourth-order valence-corrected chi connectivity index (χ4v) is 2.54. The summed E-state index contributed by atoms with van der Waals surface area (Å²) in [5, 5.41) is 3.46. The molecule has 2 unspecified atom stereocenters. The number of nitrogens with one attached hydrogen (secondary N) is 1. The minimum Gasteiger partial charge on any atom is -0.368 e. The zero-order valence-electron chi connectivity index (χ0n) is 10.5. The second-order valence-electron chi connectivity index (χ2n) is 5.25. The van der Waals surface area contributed by atoms with E-state index in [1.165, 1.54) is 24.0 Å². The van der Waals surface area contributed by atoms with Gasteiger partial charge in [0, 0.05) is 13.1 Å². The van der Waals surface area contributed by atoms with Crippen LogP contribution in [0.4, 0.5) is 0 Å². The smallest absolute Gasteiger partial charge is 0.0953 e. The Morgan fingerprint density at radius 2 is 1.82 bits per heavy atom. The first-order chi connectivity index (χ1) is 8.36. The Labute approximate surface area is 103 Å². The minimum absolute atomic E-state index is 0.238. The van der Waals surface area contributed by atoms with E-state index in [1.807, 2.05) is 0 Å². The third kappa shape index (κ3) is 2.53. The van der Waals surface area contributed by atoms with E-state index < -0.39 is 0 Å². The van der Waals surface area contributed by atoms with E-state index in [1.54, 1.807) is 0 Å². The summed E-state index contributed by atoms with van der Waals surface area (Å²) >= 11 is 0. The van der Waals surface area contributed by atoms with Gasteiger partial charge in [0.1, 0.15) is 0 Å². The average Bonchev–Trinajstić information content (AvgIpc) is 3.23. The highest BCUT2D eigenvalue weighted by Crippen LogP contribution is 2.40. The predicted molar refractivity (Wildman–Crippen MR) is 69.2 cm³/mol. The molecule has 17 heavy (non-hydrogen) atoms. The van der Waals surface area contributed by atoms with Gasteiger partial charge >= 0.3 is 0 Å². The molecule has 1 aromatic rings. The first-order valence-corrected chi connectivity index (χ1v) is 6.83. The van der Waals surface area contributed by atoms with Crippen LogP contribution >= 0.6 is 0 Å². The molecule has 1 aromatic carbocycles. The van der Waals surface area contributed by atoms with E-state index in [0.29, 0.717) is 6.10 Å². The van der Waals surface area contributed by atoms with E-state index in [-0.39, 0.29) is 6.10 Å². The van der Waals surface area contributed by atoms with Crippen molar-refractivity contribution in [2.45, 2.75) is 44.3 Å². The van der Waals surface area contributed by atoms with Crippen molar-refractivity contribution in [3.05, 3.63) is 35.4 Å². The Balaban J connectivity index is 1.69. The number of hydrogen-bond donors (Lipinski definition) is 1. The summed E-state index contributed by atoms with van der Waals surface area (Å²) in [6.07, 6.45) is 4.44. The molecular formula is C15H21NO. The van der Waals surface area contributed by atoms with Crippen molar-refractivity contribution in [3.63, 3.8) is 0 Å². The van der Waals surface area contributed by atoms with E-state index >= 15 is 0 Å². The average molecular weight is 231 g/mol. The van der Waals surface area contributed by atoms with Gasteiger partial charge in [0.25, 0.3) is 0 Å². The maximum atomic E-state index is 6.08. The van der Waals surface area contributed by atoms with Crippen LogP contribution in [0.3, 0.4) is 0 Å². The highest BCUT2D eigenvalue weighted by Gasteiger charge is 2.25. The second-order valence-corrected chi connectivity index (χ2v) is 5.25. The molecule has 0 bridgehead atoms. The molecule has 1 N–H and O–H groups in total. The Morgan fingerprint density at radius 1 is 1.12 bits per heavy atom. The summed E-state index contributed by atoms with van der Waals surface area (Å²) in [6.45, 7) is 4.12. The van der Waals surface area contributed by atoms with E-state index in [2.05, 4.69) is 36.5 Å². The molecule has 1 saturated heterocycles. The molecule has 2 nitrogen and oxygen atoms in total. The number of benzene rings is 1. The first-order valence-electron chi connectivity index (χ1n) is 6.83. The van der Waals surface area contributed by atoms with Gasteiger partial charge in [-0.2, -0.15) is 0 Å². The topological polar surface area (TPSA) is 21.3 Å². The highest BCUT2D eigenvalue weighted by atomic mass is 16.5. The van der Waals surface area contributed by atoms with Crippen LogP contribution in [0.25, 0.3) is 0 Å². The van der Waals surface area contributed by atoms with Crippen molar-refractivity contribution < 1.29 is 4.74 Å². The van der Waals surface area contributed by atoms with Gasteiger partial charge in [0.2, 0.25) is 0 Å². The minimum atomic E-state index is 0.238. The summed E-state index contributed by atoms with van der Waals surface area (Å²) in [7, 11) is 0. The molecule has 0 radical (unpaired) electrons. The van der Waals surface area contributed by atoms with Crippen molar-refractivity contribution in [2.75, 3.05) is 13.1 Å². The lowest BCUT2D eigenvalue weighted by Crippen LogP contribution is -2.40. The molecular weight excluding hydrogens is 210 g/mol. The fourth-order valence-electron chi connectivity index (χ4n) is 2.54. The molecule has 92 valence electrons. The monoisotopic (exact) mass is 231 g/mol. The van der Waals surface area contributed by atoms with Crippen LogP contribution in [0.1, 0.15) is 49.3 Å². The van der Waals surface area contributed by atoms with Gasteiger partial charge in [-0.3, -0.25) is 0 Å². The van der Waals surface area contributed by atoms with Gasteiger partial charge < -0.3 is 10.1 Å². The maximum Gasteiger partial charge on any atom is 0.0953 e. The zero-order valence-corrected chi connectivity index (χ0v) is 10.5. The third-order valence-electron chi connectivity index (χ3n) is 3.87. The SMILES string of the molecule is CCC1CNCC(c2ccc(C3CC3)cc2)O1. The number of ether oxygens (including phenoxy) is 1. The van der Waals surface area contributed by atoms with E-state index in [0.717, 1.165) is 25.4 Å². The second kappa shape index (κ2) is 4.79. The van der Waals surface area contributed by atoms with Crippen LogP contribution in [0.15, 0.2) is 24.3 Å². The Hall–Kier alpha value is -0.860. The highest BCUT2D eigenvalue weighted by molar-refractivity contribution is 5.29. The Kier molecular flexibility index (Phi) is 3.17. The van der Waals surface area contributed by atoms with Crippen molar-refractivity contribution >= 4 is 0 Å². The van der Waals surface area contributed by atoms with Crippen LogP contribution in [-0.4, -0.2) is 19.2 Å². The number of morpholine rings is 1. The molecule has 0 amide bonds. The van der Waals surface area contributed by atoms with Crippen LogP contribution < -0.4 is 5.32 Å². The molecule has 0 spiro atoms. The summed E-state index contributed by atoms with van der Waals surface area (Å²) in [6, 6.07) is 9.06. The largest absolute Gasteiger partial charge is 0.368 e. The first kappa shape index (κ1) is 11.2. The number of hydrogen-bond acceptors (Lipinski definition) is 2. The quantitative estimate of drug-likeness (QED) is 0.863. The van der Waals surface area contributed by atoms with Crippen LogP contribution in [-0.2, 0) is 4.74 Å². The lowest BCUT2D eigenvalue weighted by molar-refractivity contribution is -0.0399. The summed E-state index contributed by atoms with van der Waals surface area (Å²) in [4.78, 5) is 0. The fraction of sp³-hybridized carbons (Fsp3) is 0.600. The van der Waals surface area contributed by atoms with Gasteiger partial charge in [0.05, 0.1) is 12.2 Å². The normalized spacial score (nSPS) is 29.2. The maximum absolute atomic E-state index is 6.08. The molecule has 3 rings (SSSR count). The van der Waals surface area contributed by atoms with E-state index in [9.17, 15) is 0 Å². The summed E-state index contributed by atoms with van der Waals surface area (Å²) in [5.74, 6) is 0.845. The lowest BCUT2D eigenvalue weighted by atomic mass is 10.0. The zero-order chi connectivity index (χ0) is 11.7. The Morgan fingerprint density at radius 3 is 2.47 bits per heavy atom. The van der Waals surface area contributed by atoms with Gasteiger partial charge in [-0.05, 0) is 36.3 Å². The summed E-state index contributed by atoms with van der Waals surface area (Å²) in [5.41, 5.74) is 2.82. The van der Waals surface area contributed by atoms with Crippen molar-refractivity contribution in [2.24, 2.45) is 0 Å². The number of rotatable bonds is 3. The van der Waals surface area contributed by atoms with Gasteiger partial charge in [-0.15, -0.1) is 0 Å². The van der Waals surface area contributed by atoms with Crippen molar-refractivity contribution in [1.82, 2.24) is 5.32 Å². The molecule has 2 atom stereocenters. The van der Waals surface area contributed by atoms with Crippen molar-refractivity contribution in [1.29, 1.82) is 0 Å². The standard InChI is InChI=1S/C15H21NO/c1-2-14-9-16-10-15(17-14)13-7-5-12(6-8-13)11-3-4-11/h5-8,11,14-16H,2-4,9-10H2,1H3. The molecule has 2 aliphatic rings. The van der Waals surface area contributed by atoms with Crippen LogP contribution in [0.5, 0.6) is 0 Å². The van der Waals surface area contributed by atoms with Crippen LogP contribution in [0, 0.1) is 0 Å². The van der Waals surface area contributed by atoms with Crippen LogP contribution in [0.2, 0.25) is 0 Å². The summed E-state index contributed by atoms with van der Waals surface area (Å²) < 4.78 is 6.08. The van der Waals surface area contributed by atoms with Gasteiger partial charge in [0.15, 0.2) is 0 Å². The van der Waals surface area contributed by atoms with Gasteiger partial charge in [-0.25, -0.2) is 0 Å². The Bertz CT molecular complexity index is 369. The molecule has 1 aliphatic heterocycles. The van der Waals surface area contributed by atoms with E-state index in [4.69, 9.17) is 4.74 Å². The van der Waals surface area contributed by atoms with Gasteiger partial charge in [-0.1, -0.05) is 31.2 Å². The predicted octanol–water partition coefficient (Wildman–Crippen LogP) is 3.00. The molecule has 1 heterocycles. The molecule has 1 saturated carbocycles. The molecule has 0 aromatic heterocycles. The van der Waals surface area contributed by atoms with Crippen molar-refractivity contribution in [3.8, 4) is 0 Å². The lowest BCUT2D eigenvalue weighted by Gasteiger charge is -2.30.